The Balaban J connectivity index is 1.03. The number of thioether (sulfide) groups is 2. The maximum absolute atomic E-state index is 13.7. The molecule has 0 bridgehead atoms. The van der Waals surface area contributed by atoms with Gasteiger partial charge in [0, 0.05) is 22.3 Å². The number of aromatic nitrogens is 4. The summed E-state index contributed by atoms with van der Waals surface area (Å²) in [7, 11) is 3.25. The first kappa shape index (κ1) is 42.8. The van der Waals surface area contributed by atoms with Crippen molar-refractivity contribution >= 4 is 47.2 Å². The van der Waals surface area contributed by atoms with E-state index in [2.05, 4.69) is 0 Å². The lowest BCUT2D eigenvalue weighted by Crippen LogP contribution is -2.46. The second-order valence-electron chi connectivity index (χ2n) is 17.3. The zero-order chi connectivity index (χ0) is 44.7. The Hall–Kier alpha value is -6.12. The molecule has 4 fully saturated rings. The van der Waals surface area contributed by atoms with Gasteiger partial charge in [0.15, 0.2) is 0 Å². The van der Waals surface area contributed by atoms with E-state index in [4.69, 9.17) is 29.4 Å². The molecule has 2 amide bonds. The number of carbonyl (C=O) groups excluding carboxylic acids is 2. The molecule has 0 unspecified atom stereocenters. The van der Waals surface area contributed by atoms with Gasteiger partial charge < -0.3 is 19.7 Å². The fourth-order valence-electron chi connectivity index (χ4n) is 9.83. The van der Waals surface area contributed by atoms with Crippen LogP contribution in [0.3, 0.4) is 0 Å². The van der Waals surface area contributed by atoms with E-state index in [0.717, 1.165) is 86.5 Å². The molecule has 2 aromatic heterocycles. The molecule has 4 heterocycles. The standard InChI is InChI=1S/C51H50N6O6S2/c1-62-36-15-11-34(12-16-36)40-28-42(54-48(52-40)56-46(60)30-64-50(56)21-5-3-6-22-50)38-26-32(9-19-44(38)58)25-33-10-20-45(59)39(27-33)43-29-41(35-13-17-37(63-2)18-14-35)53-49(55-43)57-47(61)31-65-51(57)23-7-4-8-24-51/h9-20,26-29,58-59H,3-8,21-25,30-31H2,1-2H3. The topological polar surface area (TPSA) is 151 Å². The summed E-state index contributed by atoms with van der Waals surface area (Å²) in [6, 6.07) is 29.9. The Morgan fingerprint density at radius 2 is 0.908 bits per heavy atom. The summed E-state index contributed by atoms with van der Waals surface area (Å²) < 4.78 is 10.9. The predicted octanol–water partition coefficient (Wildman–Crippen LogP) is 10.4. The van der Waals surface area contributed by atoms with Crippen LogP contribution in [0.4, 0.5) is 11.9 Å². The van der Waals surface area contributed by atoms with E-state index in [0.29, 0.717) is 75.2 Å². The third-order valence-electron chi connectivity index (χ3n) is 13.2. The molecule has 2 aliphatic heterocycles. The maximum atomic E-state index is 13.7. The van der Waals surface area contributed by atoms with Gasteiger partial charge in [0.2, 0.25) is 23.7 Å². The van der Waals surface area contributed by atoms with Gasteiger partial charge in [-0.15, -0.1) is 23.5 Å². The van der Waals surface area contributed by atoms with Crippen molar-refractivity contribution in [3.05, 3.63) is 108 Å². The number of phenols is 2. The summed E-state index contributed by atoms with van der Waals surface area (Å²) in [5.74, 6) is 2.90. The number of hydrogen-bond donors (Lipinski definition) is 2. The van der Waals surface area contributed by atoms with E-state index in [1.165, 1.54) is 0 Å². The van der Waals surface area contributed by atoms with Crippen molar-refractivity contribution in [3.63, 3.8) is 0 Å². The molecular weight excluding hydrogens is 857 g/mol. The number of carbonyl (C=O) groups is 2. The third kappa shape index (κ3) is 8.26. The number of benzene rings is 4. The Bertz CT molecular complexity index is 2590. The summed E-state index contributed by atoms with van der Waals surface area (Å²) in [6.45, 7) is 0. The molecule has 10 rings (SSSR count). The molecule has 0 radical (unpaired) electrons. The highest BCUT2D eigenvalue weighted by atomic mass is 32.2. The summed E-state index contributed by atoms with van der Waals surface area (Å²) in [4.78, 5) is 50.4. The lowest BCUT2D eigenvalue weighted by Gasteiger charge is -2.39. The minimum Gasteiger partial charge on any atom is -0.507 e. The molecule has 0 atom stereocenters. The van der Waals surface area contributed by atoms with Crippen molar-refractivity contribution in [2.45, 2.75) is 80.4 Å². The van der Waals surface area contributed by atoms with Gasteiger partial charge in [0.1, 0.15) is 23.0 Å². The van der Waals surface area contributed by atoms with Gasteiger partial charge in [0.05, 0.1) is 58.2 Å². The van der Waals surface area contributed by atoms with Crippen molar-refractivity contribution in [2.75, 3.05) is 35.5 Å². The fraction of sp³-hybridized carbons (Fsp3) is 0.333. The van der Waals surface area contributed by atoms with Crippen LogP contribution in [-0.4, -0.2) is 77.4 Å². The van der Waals surface area contributed by atoms with Crippen LogP contribution in [-0.2, 0) is 16.0 Å². The molecule has 4 aliphatic rings. The van der Waals surface area contributed by atoms with E-state index >= 15 is 0 Å². The van der Waals surface area contributed by atoms with Gasteiger partial charge in [-0.3, -0.25) is 19.4 Å². The summed E-state index contributed by atoms with van der Waals surface area (Å²) >= 11 is 3.37. The second kappa shape index (κ2) is 17.7. The second-order valence-corrected chi connectivity index (χ2v) is 19.9. The largest absolute Gasteiger partial charge is 0.507 e. The molecule has 4 aromatic carbocycles. The van der Waals surface area contributed by atoms with Crippen LogP contribution < -0.4 is 19.3 Å². The van der Waals surface area contributed by atoms with Gasteiger partial charge in [-0.25, -0.2) is 19.9 Å². The first-order valence-corrected chi connectivity index (χ1v) is 24.3. The smallest absolute Gasteiger partial charge is 0.240 e. The quantitative estimate of drug-likeness (QED) is 0.135. The number of phenolic OH excluding ortho intramolecular Hbond substituents is 2. The van der Waals surface area contributed by atoms with Gasteiger partial charge in [-0.05, 0) is 128 Å². The predicted molar refractivity (Wildman–Crippen MR) is 257 cm³/mol. The van der Waals surface area contributed by atoms with E-state index in [1.54, 1.807) is 49.9 Å². The Kier molecular flexibility index (Phi) is 11.7. The average Bonchev–Trinajstić information content (AvgIpc) is 3.83. The van der Waals surface area contributed by atoms with Crippen molar-refractivity contribution in [3.8, 4) is 68.0 Å². The first-order valence-electron chi connectivity index (χ1n) is 22.3. The molecule has 332 valence electrons. The maximum Gasteiger partial charge on any atom is 0.240 e. The van der Waals surface area contributed by atoms with Crippen LogP contribution in [0.1, 0.15) is 75.3 Å². The van der Waals surface area contributed by atoms with Gasteiger partial charge in [0.25, 0.3) is 0 Å². The zero-order valence-electron chi connectivity index (χ0n) is 36.5. The highest BCUT2D eigenvalue weighted by molar-refractivity contribution is 8.02. The van der Waals surface area contributed by atoms with Crippen LogP contribution in [0, 0.1) is 0 Å². The number of methoxy groups -OCH3 is 2. The van der Waals surface area contributed by atoms with Gasteiger partial charge in [-0.1, -0.05) is 50.7 Å². The van der Waals surface area contributed by atoms with E-state index in [-0.39, 0.29) is 23.3 Å². The first-order chi connectivity index (χ1) is 31.6. The number of anilines is 2. The zero-order valence-corrected chi connectivity index (χ0v) is 38.1. The van der Waals surface area contributed by atoms with Crippen LogP contribution in [0.25, 0.3) is 45.0 Å². The SMILES string of the molecule is COc1ccc(-c2cc(-c3cc(Cc4ccc(O)c(-c5cc(-c6ccc(OC)cc6)nc(N6C(=O)CSC67CCCCC7)n5)c4)ccc3O)nc(N3C(=O)CSC34CCCCC4)n2)cc1. The molecule has 2 N–H and O–H groups in total. The molecular formula is C51H50N6O6S2. The van der Waals surface area contributed by atoms with Crippen molar-refractivity contribution in [1.29, 1.82) is 0 Å². The Labute approximate surface area is 386 Å². The molecule has 12 nitrogen and oxygen atoms in total. The summed E-state index contributed by atoms with van der Waals surface area (Å²) in [5, 5.41) is 23.0. The van der Waals surface area contributed by atoms with Crippen molar-refractivity contribution in [1.82, 2.24) is 19.9 Å². The van der Waals surface area contributed by atoms with Gasteiger partial charge in [-0.2, -0.15) is 0 Å². The average molecular weight is 907 g/mol. The highest BCUT2D eigenvalue weighted by Crippen LogP contribution is 2.50. The van der Waals surface area contributed by atoms with Crippen molar-refractivity contribution in [2.24, 2.45) is 0 Å². The summed E-state index contributed by atoms with van der Waals surface area (Å²) in [5.41, 5.74) is 6.67. The highest BCUT2D eigenvalue weighted by Gasteiger charge is 2.50. The molecule has 2 saturated heterocycles. The molecule has 2 spiro atoms. The molecule has 2 aliphatic carbocycles. The van der Waals surface area contributed by atoms with E-state index in [9.17, 15) is 19.8 Å². The number of nitrogens with zero attached hydrogens (tertiary/aromatic N) is 6. The minimum absolute atomic E-state index is 0.0119. The van der Waals surface area contributed by atoms with Crippen molar-refractivity contribution < 1.29 is 29.3 Å². The fourth-order valence-corrected chi connectivity index (χ4v) is 12.7. The molecule has 14 heteroatoms. The monoisotopic (exact) mass is 906 g/mol. The minimum atomic E-state index is -0.397. The van der Waals surface area contributed by atoms with E-state index in [1.807, 2.05) is 94.7 Å². The molecule has 2 saturated carbocycles. The van der Waals surface area contributed by atoms with Gasteiger partial charge >= 0.3 is 0 Å². The van der Waals surface area contributed by atoms with E-state index < -0.39 is 9.74 Å². The van der Waals surface area contributed by atoms with Crippen LogP contribution in [0.5, 0.6) is 23.0 Å². The number of aromatic hydroxyl groups is 2. The Morgan fingerprint density at radius 1 is 0.523 bits per heavy atom. The molecule has 6 aromatic rings. The number of amides is 2. The number of ether oxygens (including phenoxy) is 2. The lowest BCUT2D eigenvalue weighted by atomic mass is 9.93. The third-order valence-corrected chi connectivity index (χ3v) is 16.2. The van der Waals surface area contributed by atoms with Crippen LogP contribution in [0.15, 0.2) is 97.1 Å². The number of hydrogen-bond acceptors (Lipinski definition) is 12. The summed E-state index contributed by atoms with van der Waals surface area (Å²) in [6.07, 6.45) is 10.3. The number of rotatable bonds is 10. The van der Waals surface area contributed by atoms with Crippen LogP contribution in [0.2, 0.25) is 0 Å². The molecule has 65 heavy (non-hydrogen) atoms. The Morgan fingerprint density at radius 3 is 1.29 bits per heavy atom. The van der Waals surface area contributed by atoms with Crippen LogP contribution >= 0.6 is 23.5 Å². The lowest BCUT2D eigenvalue weighted by molar-refractivity contribution is -0.117. The normalized spacial score (nSPS) is 17.9.